The lowest BCUT2D eigenvalue weighted by molar-refractivity contribution is 0.531. The van der Waals surface area contributed by atoms with Crippen LogP contribution in [0.3, 0.4) is 0 Å². The number of hydrogen-bond donors (Lipinski definition) is 1. The Morgan fingerprint density at radius 2 is 1.82 bits per heavy atom. The zero-order valence-corrected chi connectivity index (χ0v) is 9.91. The molecule has 1 nitrogen and oxygen atoms in total. The highest BCUT2D eigenvalue weighted by Crippen LogP contribution is 2.42. The van der Waals surface area contributed by atoms with Gasteiger partial charge in [-0.2, -0.15) is 0 Å². The van der Waals surface area contributed by atoms with Crippen molar-refractivity contribution in [2.24, 2.45) is 5.92 Å². The Morgan fingerprint density at radius 3 is 2.47 bits per heavy atom. The first-order chi connectivity index (χ1) is 8.31. The van der Waals surface area contributed by atoms with Crippen LogP contribution in [0.4, 0.5) is 4.39 Å². The Balaban J connectivity index is 2.18. The molecule has 3 rings (SSSR count). The number of benzene rings is 2. The molecular weight excluding hydrogens is 213 g/mol. The van der Waals surface area contributed by atoms with Crippen molar-refractivity contribution in [2.45, 2.75) is 18.9 Å². The van der Waals surface area contributed by atoms with Crippen molar-refractivity contribution < 1.29 is 4.39 Å². The van der Waals surface area contributed by atoms with E-state index in [1.807, 2.05) is 37.4 Å². The third kappa shape index (κ3) is 1.83. The van der Waals surface area contributed by atoms with E-state index in [-0.39, 0.29) is 5.82 Å². The molecule has 0 aliphatic heterocycles. The van der Waals surface area contributed by atoms with Crippen molar-refractivity contribution in [3.63, 3.8) is 0 Å². The molecule has 2 aromatic carbocycles. The maximum absolute atomic E-state index is 13.7. The summed E-state index contributed by atoms with van der Waals surface area (Å²) >= 11 is 0. The van der Waals surface area contributed by atoms with Crippen molar-refractivity contribution in [3.8, 4) is 0 Å². The molecule has 1 aliphatic carbocycles. The predicted octanol–water partition coefficient (Wildman–Crippen LogP) is 3.65. The summed E-state index contributed by atoms with van der Waals surface area (Å²) < 4.78 is 13.7. The van der Waals surface area contributed by atoms with E-state index < -0.39 is 0 Å². The summed E-state index contributed by atoms with van der Waals surface area (Å²) in [4.78, 5) is 0. The van der Waals surface area contributed by atoms with Crippen molar-refractivity contribution in [2.75, 3.05) is 7.05 Å². The Labute approximate surface area is 101 Å². The lowest BCUT2D eigenvalue weighted by atomic mass is 9.95. The second kappa shape index (κ2) is 4.11. The van der Waals surface area contributed by atoms with Crippen molar-refractivity contribution >= 4 is 10.8 Å². The highest BCUT2D eigenvalue weighted by atomic mass is 19.1. The third-order valence-electron chi connectivity index (χ3n) is 3.64. The number of halogens is 1. The van der Waals surface area contributed by atoms with Gasteiger partial charge < -0.3 is 5.32 Å². The standard InChI is InChI=1S/C15H16FN/c1-17-15(10-6-7-10)13-8-9-14(16)12-5-3-2-4-11(12)13/h2-5,8-10,15,17H,6-7H2,1H3. The molecule has 0 bridgehead atoms. The van der Waals surface area contributed by atoms with Crippen molar-refractivity contribution in [1.82, 2.24) is 5.32 Å². The molecule has 0 spiro atoms. The molecule has 0 heterocycles. The van der Waals surface area contributed by atoms with Crippen LogP contribution in [-0.2, 0) is 0 Å². The molecule has 0 radical (unpaired) electrons. The van der Waals surface area contributed by atoms with Gasteiger partial charge in [0.1, 0.15) is 5.82 Å². The smallest absolute Gasteiger partial charge is 0.131 e. The van der Waals surface area contributed by atoms with Crippen LogP contribution in [0.25, 0.3) is 10.8 Å². The molecular formula is C15H16FN. The first kappa shape index (κ1) is 10.7. The van der Waals surface area contributed by atoms with Crippen LogP contribution in [0, 0.1) is 11.7 Å². The van der Waals surface area contributed by atoms with Crippen molar-refractivity contribution in [3.05, 3.63) is 47.8 Å². The maximum atomic E-state index is 13.7. The first-order valence-electron chi connectivity index (χ1n) is 6.15. The van der Waals surface area contributed by atoms with Gasteiger partial charge in [-0.05, 0) is 42.8 Å². The van der Waals surface area contributed by atoms with E-state index in [2.05, 4.69) is 5.32 Å². The van der Waals surface area contributed by atoms with E-state index in [1.54, 1.807) is 6.07 Å². The number of hydrogen-bond acceptors (Lipinski definition) is 1. The highest BCUT2D eigenvalue weighted by molar-refractivity contribution is 5.86. The average Bonchev–Trinajstić information content (AvgIpc) is 3.18. The van der Waals surface area contributed by atoms with E-state index in [1.165, 1.54) is 18.4 Å². The molecule has 1 saturated carbocycles. The molecule has 0 amide bonds. The molecule has 2 aromatic rings. The normalized spacial score (nSPS) is 17.3. The minimum absolute atomic E-state index is 0.130. The van der Waals surface area contributed by atoms with Crippen LogP contribution in [0.5, 0.6) is 0 Å². The molecule has 88 valence electrons. The zero-order valence-electron chi connectivity index (χ0n) is 9.91. The second-order valence-corrected chi connectivity index (χ2v) is 4.79. The maximum Gasteiger partial charge on any atom is 0.131 e. The lowest BCUT2D eigenvalue weighted by Gasteiger charge is -2.18. The van der Waals surface area contributed by atoms with Gasteiger partial charge >= 0.3 is 0 Å². The predicted molar refractivity (Wildman–Crippen MR) is 68.4 cm³/mol. The van der Waals surface area contributed by atoms with Crippen LogP contribution in [0.15, 0.2) is 36.4 Å². The Hall–Kier alpha value is -1.41. The summed E-state index contributed by atoms with van der Waals surface area (Å²) in [5.74, 6) is 0.587. The molecule has 1 unspecified atom stereocenters. The molecule has 1 aliphatic rings. The van der Waals surface area contributed by atoms with Crippen LogP contribution < -0.4 is 5.32 Å². The van der Waals surface area contributed by atoms with Gasteiger partial charge in [0.05, 0.1) is 0 Å². The van der Waals surface area contributed by atoms with Gasteiger partial charge in [0, 0.05) is 11.4 Å². The quantitative estimate of drug-likeness (QED) is 0.847. The van der Waals surface area contributed by atoms with Gasteiger partial charge in [0.25, 0.3) is 0 Å². The SMILES string of the molecule is CNC(c1ccc(F)c2ccccc12)C1CC1. The van der Waals surface area contributed by atoms with Gasteiger partial charge in [0.2, 0.25) is 0 Å². The zero-order chi connectivity index (χ0) is 11.8. The number of nitrogens with one attached hydrogen (secondary N) is 1. The topological polar surface area (TPSA) is 12.0 Å². The fraction of sp³-hybridized carbons (Fsp3) is 0.333. The summed E-state index contributed by atoms with van der Waals surface area (Å²) in [6.45, 7) is 0. The van der Waals surface area contributed by atoms with E-state index >= 15 is 0 Å². The van der Waals surface area contributed by atoms with Gasteiger partial charge in [-0.25, -0.2) is 4.39 Å². The molecule has 0 aromatic heterocycles. The molecule has 2 heteroatoms. The molecule has 1 N–H and O–H groups in total. The molecule has 1 atom stereocenters. The Bertz CT molecular complexity index is 546. The van der Waals surface area contributed by atoms with Crippen LogP contribution in [0.1, 0.15) is 24.4 Å². The van der Waals surface area contributed by atoms with Crippen LogP contribution in [-0.4, -0.2) is 7.05 Å². The van der Waals surface area contributed by atoms with E-state index in [4.69, 9.17) is 0 Å². The second-order valence-electron chi connectivity index (χ2n) is 4.79. The highest BCUT2D eigenvalue weighted by Gasteiger charge is 2.32. The largest absolute Gasteiger partial charge is 0.313 e. The first-order valence-corrected chi connectivity index (χ1v) is 6.15. The number of fused-ring (bicyclic) bond motifs is 1. The Morgan fingerprint density at radius 1 is 1.12 bits per heavy atom. The van der Waals surface area contributed by atoms with E-state index in [0.29, 0.717) is 12.0 Å². The van der Waals surface area contributed by atoms with Gasteiger partial charge in [-0.1, -0.05) is 30.3 Å². The summed E-state index contributed by atoms with van der Waals surface area (Å²) in [5, 5.41) is 5.14. The third-order valence-corrected chi connectivity index (χ3v) is 3.64. The minimum atomic E-state index is -0.130. The fourth-order valence-corrected chi connectivity index (χ4v) is 2.63. The van der Waals surface area contributed by atoms with Crippen LogP contribution >= 0.6 is 0 Å². The summed E-state index contributed by atoms with van der Waals surface area (Å²) in [5.41, 5.74) is 1.23. The summed E-state index contributed by atoms with van der Waals surface area (Å²) in [6, 6.07) is 11.6. The Kier molecular flexibility index (Phi) is 2.60. The molecule has 17 heavy (non-hydrogen) atoms. The fourth-order valence-electron chi connectivity index (χ4n) is 2.63. The number of rotatable bonds is 3. The van der Waals surface area contributed by atoms with E-state index in [0.717, 1.165) is 10.8 Å². The summed E-state index contributed by atoms with van der Waals surface area (Å²) in [7, 11) is 1.99. The van der Waals surface area contributed by atoms with Gasteiger partial charge in [-0.3, -0.25) is 0 Å². The summed E-state index contributed by atoms with van der Waals surface area (Å²) in [6.07, 6.45) is 2.55. The lowest BCUT2D eigenvalue weighted by Crippen LogP contribution is -2.18. The average molecular weight is 229 g/mol. The van der Waals surface area contributed by atoms with Crippen LogP contribution in [0.2, 0.25) is 0 Å². The molecule has 1 fully saturated rings. The molecule has 0 saturated heterocycles. The van der Waals surface area contributed by atoms with Crippen molar-refractivity contribution in [1.29, 1.82) is 0 Å². The van der Waals surface area contributed by atoms with Gasteiger partial charge in [-0.15, -0.1) is 0 Å². The van der Waals surface area contributed by atoms with E-state index in [9.17, 15) is 4.39 Å². The van der Waals surface area contributed by atoms with Gasteiger partial charge in [0.15, 0.2) is 0 Å². The minimum Gasteiger partial charge on any atom is -0.313 e. The monoisotopic (exact) mass is 229 g/mol.